The largest absolute Gasteiger partial charge is 0.381 e. The third-order valence-corrected chi connectivity index (χ3v) is 3.61. The number of carbonyl (C=O) groups excluding carboxylic acids is 1. The van der Waals surface area contributed by atoms with E-state index in [2.05, 4.69) is 4.18 Å². The SMILES string of the molecule is CS(=O)(=O)OC(CCC=O)C(F)(F)C1CCOCC1. The molecule has 1 atom stereocenters. The first-order chi connectivity index (χ1) is 8.77. The van der Waals surface area contributed by atoms with Crippen molar-refractivity contribution >= 4 is 16.4 Å². The van der Waals surface area contributed by atoms with Crippen molar-refractivity contribution in [1.29, 1.82) is 0 Å². The summed E-state index contributed by atoms with van der Waals surface area (Å²) in [5, 5.41) is 0. The van der Waals surface area contributed by atoms with Gasteiger partial charge < -0.3 is 9.53 Å². The van der Waals surface area contributed by atoms with E-state index in [1.165, 1.54) is 0 Å². The molecule has 0 aromatic heterocycles. The van der Waals surface area contributed by atoms with E-state index in [1.807, 2.05) is 0 Å². The summed E-state index contributed by atoms with van der Waals surface area (Å²) < 4.78 is 60.2. The van der Waals surface area contributed by atoms with E-state index in [1.54, 1.807) is 0 Å². The number of alkyl halides is 2. The van der Waals surface area contributed by atoms with Crippen LogP contribution < -0.4 is 0 Å². The molecule has 0 bridgehead atoms. The van der Waals surface area contributed by atoms with Gasteiger partial charge in [-0.15, -0.1) is 0 Å². The number of hydrogen-bond acceptors (Lipinski definition) is 5. The Labute approximate surface area is 111 Å². The van der Waals surface area contributed by atoms with Crippen LogP contribution in [0.25, 0.3) is 0 Å². The summed E-state index contributed by atoms with van der Waals surface area (Å²) in [6.07, 6.45) is -0.787. The molecule has 0 spiro atoms. The van der Waals surface area contributed by atoms with Gasteiger partial charge in [0.1, 0.15) is 12.4 Å². The Balaban J connectivity index is 2.82. The minimum absolute atomic E-state index is 0.151. The van der Waals surface area contributed by atoms with E-state index < -0.39 is 28.1 Å². The Hall–Kier alpha value is -0.600. The van der Waals surface area contributed by atoms with E-state index >= 15 is 0 Å². The number of hydrogen-bond donors (Lipinski definition) is 0. The van der Waals surface area contributed by atoms with Crippen molar-refractivity contribution in [2.24, 2.45) is 5.92 Å². The van der Waals surface area contributed by atoms with Gasteiger partial charge in [0, 0.05) is 25.6 Å². The Bertz CT molecular complexity index is 390. The van der Waals surface area contributed by atoms with Crippen LogP contribution in [0.3, 0.4) is 0 Å². The smallest absolute Gasteiger partial charge is 0.278 e. The van der Waals surface area contributed by atoms with Crippen molar-refractivity contribution in [3.05, 3.63) is 0 Å². The lowest BCUT2D eigenvalue weighted by Gasteiger charge is -2.34. The molecule has 1 fully saturated rings. The van der Waals surface area contributed by atoms with Crippen molar-refractivity contribution < 1.29 is 30.9 Å². The number of ether oxygens (including phenoxy) is 1. The maximum Gasteiger partial charge on any atom is 0.278 e. The van der Waals surface area contributed by atoms with Crippen LogP contribution in [0.15, 0.2) is 0 Å². The third kappa shape index (κ3) is 5.12. The average Bonchev–Trinajstić information content (AvgIpc) is 2.34. The molecule has 0 amide bonds. The van der Waals surface area contributed by atoms with Gasteiger partial charge in [-0.05, 0) is 19.3 Å². The van der Waals surface area contributed by atoms with Crippen LogP contribution in [0, 0.1) is 5.92 Å². The summed E-state index contributed by atoms with van der Waals surface area (Å²) in [6, 6.07) is 0. The lowest BCUT2D eigenvalue weighted by Crippen LogP contribution is -2.45. The highest BCUT2D eigenvalue weighted by atomic mass is 32.2. The molecule has 0 N–H and O–H groups in total. The molecule has 1 aliphatic heterocycles. The minimum Gasteiger partial charge on any atom is -0.381 e. The van der Waals surface area contributed by atoms with Gasteiger partial charge in [0.2, 0.25) is 0 Å². The van der Waals surface area contributed by atoms with Crippen LogP contribution in [0.2, 0.25) is 0 Å². The zero-order valence-electron chi connectivity index (χ0n) is 10.7. The van der Waals surface area contributed by atoms with E-state index in [-0.39, 0.29) is 38.9 Å². The van der Waals surface area contributed by atoms with Crippen LogP contribution in [0.1, 0.15) is 25.7 Å². The third-order valence-electron chi connectivity index (χ3n) is 3.03. The van der Waals surface area contributed by atoms with Crippen LogP contribution >= 0.6 is 0 Å². The lowest BCUT2D eigenvalue weighted by atomic mass is 9.88. The Morgan fingerprint density at radius 2 is 2.00 bits per heavy atom. The summed E-state index contributed by atoms with van der Waals surface area (Å²) in [6.45, 7) is 0.444. The monoisotopic (exact) mass is 300 g/mol. The van der Waals surface area contributed by atoms with Gasteiger partial charge in [0.05, 0.1) is 6.26 Å². The molecular weight excluding hydrogens is 282 g/mol. The second-order valence-electron chi connectivity index (χ2n) is 4.59. The standard InChI is InChI=1S/C11H18F2O5S/c1-19(15,16)18-10(3-2-6-14)11(12,13)9-4-7-17-8-5-9/h6,9-10H,2-5,7-8H2,1H3. The van der Waals surface area contributed by atoms with Crippen molar-refractivity contribution in [3.8, 4) is 0 Å². The molecule has 1 rings (SSSR count). The molecule has 1 unspecified atom stereocenters. The predicted octanol–water partition coefficient (Wildman–Crippen LogP) is 1.37. The Morgan fingerprint density at radius 1 is 1.42 bits per heavy atom. The zero-order valence-corrected chi connectivity index (χ0v) is 11.5. The van der Waals surface area contributed by atoms with E-state index in [9.17, 15) is 22.0 Å². The van der Waals surface area contributed by atoms with Crippen LogP contribution in [-0.2, 0) is 23.8 Å². The van der Waals surface area contributed by atoms with E-state index in [0.717, 1.165) is 6.26 Å². The van der Waals surface area contributed by atoms with Gasteiger partial charge >= 0.3 is 0 Å². The number of aldehydes is 1. The molecule has 112 valence electrons. The molecule has 0 radical (unpaired) electrons. The molecule has 1 saturated heterocycles. The lowest BCUT2D eigenvalue weighted by molar-refractivity contribution is -0.158. The molecule has 0 aliphatic carbocycles. The fourth-order valence-corrected chi connectivity index (χ4v) is 2.73. The maximum atomic E-state index is 14.3. The molecule has 1 heterocycles. The molecule has 1 aliphatic rings. The highest BCUT2D eigenvalue weighted by Gasteiger charge is 2.49. The minimum atomic E-state index is -4.00. The van der Waals surface area contributed by atoms with Gasteiger partial charge in [0.25, 0.3) is 16.0 Å². The van der Waals surface area contributed by atoms with E-state index in [4.69, 9.17) is 4.74 Å². The highest BCUT2D eigenvalue weighted by Crippen LogP contribution is 2.38. The van der Waals surface area contributed by atoms with Crippen molar-refractivity contribution in [2.75, 3.05) is 19.5 Å². The van der Waals surface area contributed by atoms with Crippen LogP contribution in [0.4, 0.5) is 8.78 Å². The molecule has 19 heavy (non-hydrogen) atoms. The summed E-state index contributed by atoms with van der Waals surface area (Å²) in [7, 11) is -4.00. The maximum absolute atomic E-state index is 14.3. The first-order valence-corrected chi connectivity index (χ1v) is 7.86. The van der Waals surface area contributed by atoms with Gasteiger partial charge in [-0.3, -0.25) is 4.18 Å². The first kappa shape index (κ1) is 16.5. The van der Waals surface area contributed by atoms with Gasteiger partial charge in [-0.25, -0.2) is 8.78 Å². The average molecular weight is 300 g/mol. The molecule has 0 aromatic rings. The summed E-state index contributed by atoms with van der Waals surface area (Å²) >= 11 is 0. The Morgan fingerprint density at radius 3 is 2.47 bits per heavy atom. The van der Waals surface area contributed by atoms with Gasteiger partial charge in [-0.2, -0.15) is 8.42 Å². The van der Waals surface area contributed by atoms with Gasteiger partial charge in [0.15, 0.2) is 0 Å². The normalized spacial score (nSPS) is 20.2. The summed E-state index contributed by atoms with van der Waals surface area (Å²) in [5.41, 5.74) is 0. The predicted molar refractivity (Wildman–Crippen MR) is 63.5 cm³/mol. The highest BCUT2D eigenvalue weighted by molar-refractivity contribution is 7.86. The molecular formula is C11H18F2O5S. The van der Waals surface area contributed by atoms with Crippen molar-refractivity contribution in [2.45, 2.75) is 37.7 Å². The topological polar surface area (TPSA) is 69.7 Å². The fraction of sp³-hybridized carbons (Fsp3) is 0.909. The van der Waals surface area contributed by atoms with E-state index in [0.29, 0.717) is 6.29 Å². The fourth-order valence-electron chi connectivity index (χ4n) is 2.08. The van der Waals surface area contributed by atoms with Crippen molar-refractivity contribution in [3.63, 3.8) is 0 Å². The van der Waals surface area contributed by atoms with Gasteiger partial charge in [-0.1, -0.05) is 0 Å². The van der Waals surface area contributed by atoms with Crippen molar-refractivity contribution in [1.82, 2.24) is 0 Å². The molecule has 5 nitrogen and oxygen atoms in total. The second-order valence-corrected chi connectivity index (χ2v) is 6.19. The first-order valence-electron chi connectivity index (χ1n) is 6.05. The summed E-state index contributed by atoms with van der Waals surface area (Å²) in [4.78, 5) is 10.3. The quantitative estimate of drug-likeness (QED) is 0.524. The molecule has 0 saturated carbocycles. The summed E-state index contributed by atoms with van der Waals surface area (Å²) in [5.74, 6) is -4.28. The van der Waals surface area contributed by atoms with Crippen LogP contribution in [0.5, 0.6) is 0 Å². The Kier molecular flexibility index (Phi) is 5.82. The molecule has 0 aromatic carbocycles. The number of carbonyl (C=O) groups is 1. The van der Waals surface area contributed by atoms with Crippen LogP contribution in [-0.4, -0.2) is 46.2 Å². The number of halogens is 2. The zero-order chi connectivity index (χ0) is 14.5. The number of rotatable bonds is 7. The second kappa shape index (κ2) is 6.71. The molecule has 8 heteroatoms.